The van der Waals surface area contributed by atoms with Crippen molar-refractivity contribution in [2.75, 3.05) is 51.2 Å². The highest BCUT2D eigenvalue weighted by Crippen LogP contribution is 2.36. The highest BCUT2D eigenvalue weighted by Gasteiger charge is 2.28. The minimum absolute atomic E-state index is 0.116. The van der Waals surface area contributed by atoms with Gasteiger partial charge in [-0.05, 0) is 23.8 Å². The van der Waals surface area contributed by atoms with E-state index < -0.39 is 0 Å². The van der Waals surface area contributed by atoms with Gasteiger partial charge in [0, 0.05) is 57.9 Å². The normalized spacial score (nSPS) is 24.3. The summed E-state index contributed by atoms with van der Waals surface area (Å²) in [5.41, 5.74) is 2.37. The summed E-state index contributed by atoms with van der Waals surface area (Å²) in [6, 6.07) is 5.18. The number of piperazine rings is 1. The molecule has 18 heavy (non-hydrogen) atoms. The molecule has 0 aliphatic carbocycles. The molecule has 2 heterocycles. The van der Waals surface area contributed by atoms with Crippen molar-refractivity contribution in [3.63, 3.8) is 0 Å². The van der Waals surface area contributed by atoms with Crippen LogP contribution in [-0.2, 0) is 0 Å². The lowest BCUT2D eigenvalue weighted by Crippen LogP contribution is -2.45. The molecule has 1 saturated heterocycles. The van der Waals surface area contributed by atoms with Gasteiger partial charge in [0.1, 0.15) is 5.82 Å². The van der Waals surface area contributed by atoms with Gasteiger partial charge < -0.3 is 15.1 Å². The standard InChI is InChI=1S/C14H20FN3/c1-17-9-11(10-18-6-4-16-5-7-18)13-8-12(15)2-3-14(13)17/h2-3,8,11,16H,4-7,9-10H2,1H3. The minimum Gasteiger partial charge on any atom is -0.374 e. The van der Waals surface area contributed by atoms with Crippen molar-refractivity contribution in [1.29, 1.82) is 0 Å². The molecule has 1 aromatic rings. The van der Waals surface area contributed by atoms with Gasteiger partial charge in [0.15, 0.2) is 0 Å². The number of halogens is 1. The number of anilines is 1. The van der Waals surface area contributed by atoms with E-state index in [0.717, 1.165) is 39.3 Å². The van der Waals surface area contributed by atoms with E-state index >= 15 is 0 Å². The Morgan fingerprint density at radius 1 is 1.33 bits per heavy atom. The Labute approximate surface area is 108 Å². The summed E-state index contributed by atoms with van der Waals surface area (Å²) in [6.07, 6.45) is 0. The molecule has 1 unspecified atom stereocenters. The SMILES string of the molecule is CN1CC(CN2CCNCC2)c2cc(F)ccc21. The van der Waals surface area contributed by atoms with Crippen LogP contribution in [0.5, 0.6) is 0 Å². The second kappa shape index (κ2) is 4.86. The third-order valence-electron chi connectivity index (χ3n) is 4.02. The predicted octanol–water partition coefficient (Wildman–Crippen LogP) is 1.26. The van der Waals surface area contributed by atoms with Crippen LogP contribution in [0.4, 0.5) is 10.1 Å². The molecule has 1 atom stereocenters. The molecule has 3 rings (SSSR count). The molecule has 1 N–H and O–H groups in total. The van der Waals surface area contributed by atoms with Gasteiger partial charge in [-0.2, -0.15) is 0 Å². The van der Waals surface area contributed by atoms with E-state index in [1.807, 2.05) is 6.07 Å². The van der Waals surface area contributed by atoms with Crippen molar-refractivity contribution < 1.29 is 4.39 Å². The van der Waals surface area contributed by atoms with Crippen molar-refractivity contribution in [1.82, 2.24) is 10.2 Å². The van der Waals surface area contributed by atoms with Crippen LogP contribution in [0.3, 0.4) is 0 Å². The Bertz CT molecular complexity index is 429. The molecule has 1 fully saturated rings. The van der Waals surface area contributed by atoms with Crippen molar-refractivity contribution in [3.8, 4) is 0 Å². The van der Waals surface area contributed by atoms with Crippen molar-refractivity contribution >= 4 is 5.69 Å². The first-order valence-corrected chi connectivity index (χ1v) is 6.68. The van der Waals surface area contributed by atoms with Crippen LogP contribution in [-0.4, -0.2) is 51.2 Å². The summed E-state index contributed by atoms with van der Waals surface area (Å²) >= 11 is 0. The van der Waals surface area contributed by atoms with Crippen molar-refractivity contribution in [2.45, 2.75) is 5.92 Å². The van der Waals surface area contributed by atoms with E-state index in [0.29, 0.717) is 5.92 Å². The number of likely N-dealkylation sites (N-methyl/N-ethyl adjacent to an activating group) is 1. The van der Waals surface area contributed by atoms with Crippen LogP contribution in [0.15, 0.2) is 18.2 Å². The maximum Gasteiger partial charge on any atom is 0.123 e. The van der Waals surface area contributed by atoms with Crippen molar-refractivity contribution in [2.24, 2.45) is 0 Å². The maximum absolute atomic E-state index is 13.4. The highest BCUT2D eigenvalue weighted by atomic mass is 19.1. The smallest absolute Gasteiger partial charge is 0.123 e. The average molecular weight is 249 g/mol. The molecule has 0 aromatic heterocycles. The monoisotopic (exact) mass is 249 g/mol. The largest absolute Gasteiger partial charge is 0.374 e. The number of benzene rings is 1. The van der Waals surface area contributed by atoms with Crippen LogP contribution in [0, 0.1) is 5.82 Å². The van der Waals surface area contributed by atoms with E-state index in [1.165, 1.54) is 11.3 Å². The quantitative estimate of drug-likeness (QED) is 0.851. The fourth-order valence-electron chi connectivity index (χ4n) is 3.09. The third-order valence-corrected chi connectivity index (χ3v) is 4.02. The van der Waals surface area contributed by atoms with Crippen LogP contribution in [0.1, 0.15) is 11.5 Å². The van der Waals surface area contributed by atoms with E-state index in [-0.39, 0.29) is 5.82 Å². The van der Waals surface area contributed by atoms with Gasteiger partial charge in [-0.1, -0.05) is 0 Å². The number of hydrogen-bond acceptors (Lipinski definition) is 3. The number of hydrogen-bond donors (Lipinski definition) is 1. The molecule has 3 nitrogen and oxygen atoms in total. The summed E-state index contributed by atoms with van der Waals surface area (Å²) in [6.45, 7) is 6.39. The molecule has 0 bridgehead atoms. The Balaban J connectivity index is 1.76. The summed E-state index contributed by atoms with van der Waals surface area (Å²) in [4.78, 5) is 4.72. The Hall–Kier alpha value is -1.13. The van der Waals surface area contributed by atoms with Gasteiger partial charge in [-0.15, -0.1) is 0 Å². The number of fused-ring (bicyclic) bond motifs is 1. The van der Waals surface area contributed by atoms with Crippen LogP contribution in [0.2, 0.25) is 0 Å². The molecule has 0 saturated carbocycles. The lowest BCUT2D eigenvalue weighted by Gasteiger charge is -2.29. The molecule has 1 aromatic carbocycles. The lowest BCUT2D eigenvalue weighted by atomic mass is 10.0. The molecule has 4 heteroatoms. The Morgan fingerprint density at radius 3 is 2.89 bits per heavy atom. The van der Waals surface area contributed by atoms with Crippen LogP contribution >= 0.6 is 0 Å². The summed E-state index contributed by atoms with van der Waals surface area (Å²) in [5, 5.41) is 3.36. The number of nitrogens with one attached hydrogen (secondary N) is 1. The summed E-state index contributed by atoms with van der Waals surface area (Å²) in [7, 11) is 2.09. The van der Waals surface area contributed by atoms with E-state index in [1.54, 1.807) is 12.1 Å². The van der Waals surface area contributed by atoms with Gasteiger partial charge >= 0.3 is 0 Å². The number of nitrogens with zero attached hydrogens (tertiary/aromatic N) is 2. The fourth-order valence-corrected chi connectivity index (χ4v) is 3.09. The zero-order valence-corrected chi connectivity index (χ0v) is 10.8. The topological polar surface area (TPSA) is 18.5 Å². The van der Waals surface area contributed by atoms with Crippen LogP contribution < -0.4 is 10.2 Å². The Morgan fingerprint density at radius 2 is 2.11 bits per heavy atom. The first kappa shape index (κ1) is 11.9. The first-order valence-electron chi connectivity index (χ1n) is 6.68. The summed E-state index contributed by atoms with van der Waals surface area (Å²) < 4.78 is 13.4. The van der Waals surface area contributed by atoms with Crippen molar-refractivity contribution in [3.05, 3.63) is 29.6 Å². The second-order valence-electron chi connectivity index (χ2n) is 5.33. The fraction of sp³-hybridized carbons (Fsp3) is 0.571. The average Bonchev–Trinajstić information content (AvgIpc) is 2.67. The van der Waals surface area contributed by atoms with E-state index in [2.05, 4.69) is 22.2 Å². The van der Waals surface area contributed by atoms with Gasteiger partial charge in [0.25, 0.3) is 0 Å². The molecule has 0 radical (unpaired) electrons. The minimum atomic E-state index is -0.116. The molecule has 2 aliphatic heterocycles. The molecule has 0 spiro atoms. The van der Waals surface area contributed by atoms with Gasteiger partial charge in [0.05, 0.1) is 0 Å². The highest BCUT2D eigenvalue weighted by molar-refractivity contribution is 5.59. The Kier molecular flexibility index (Phi) is 3.22. The van der Waals surface area contributed by atoms with Gasteiger partial charge in [0.2, 0.25) is 0 Å². The third kappa shape index (κ3) is 2.22. The zero-order chi connectivity index (χ0) is 12.5. The predicted molar refractivity (Wildman–Crippen MR) is 71.7 cm³/mol. The van der Waals surface area contributed by atoms with Crippen LogP contribution in [0.25, 0.3) is 0 Å². The summed E-state index contributed by atoms with van der Waals surface area (Å²) in [5.74, 6) is 0.327. The van der Waals surface area contributed by atoms with E-state index in [4.69, 9.17) is 0 Å². The molecule has 0 amide bonds. The molecule has 98 valence electrons. The van der Waals surface area contributed by atoms with E-state index in [9.17, 15) is 4.39 Å². The zero-order valence-electron chi connectivity index (χ0n) is 10.8. The van der Waals surface area contributed by atoms with Gasteiger partial charge in [-0.3, -0.25) is 0 Å². The number of rotatable bonds is 2. The maximum atomic E-state index is 13.4. The molecular formula is C14H20FN3. The lowest BCUT2D eigenvalue weighted by molar-refractivity contribution is 0.229. The second-order valence-corrected chi connectivity index (χ2v) is 5.33. The first-order chi connectivity index (χ1) is 8.74. The van der Waals surface area contributed by atoms with Gasteiger partial charge in [-0.25, -0.2) is 4.39 Å². The molecular weight excluding hydrogens is 229 g/mol. The molecule has 2 aliphatic rings.